The standard InChI is InChI=1S/C17H20BrClN4O2/c1-17(2,3)25-16(24)23-6-4-5-22(10-23)15-12-8-20-14(19)7-11(12)13(18)9-21-15/h7-9H,4-6,10H2,1-3H3. The minimum Gasteiger partial charge on any atom is -0.444 e. The van der Waals surface area contributed by atoms with Gasteiger partial charge in [0.25, 0.3) is 0 Å². The molecule has 0 aliphatic carbocycles. The van der Waals surface area contributed by atoms with Gasteiger partial charge in [-0.1, -0.05) is 11.6 Å². The fourth-order valence-corrected chi connectivity index (χ4v) is 3.35. The summed E-state index contributed by atoms with van der Waals surface area (Å²) in [6.07, 6.45) is 4.01. The number of hydrogen-bond acceptors (Lipinski definition) is 5. The number of halogens is 2. The van der Waals surface area contributed by atoms with E-state index >= 15 is 0 Å². The number of ether oxygens (including phenoxy) is 1. The first kappa shape index (κ1) is 18.2. The van der Waals surface area contributed by atoms with Gasteiger partial charge in [-0.3, -0.25) is 4.90 Å². The number of fused-ring (bicyclic) bond motifs is 1. The summed E-state index contributed by atoms with van der Waals surface area (Å²) in [6.45, 7) is 7.51. The maximum atomic E-state index is 12.4. The number of nitrogens with zero attached hydrogens (tertiary/aromatic N) is 4. The van der Waals surface area contributed by atoms with Crippen molar-refractivity contribution in [3.8, 4) is 0 Å². The van der Waals surface area contributed by atoms with Gasteiger partial charge in [0.1, 0.15) is 16.6 Å². The lowest BCUT2D eigenvalue weighted by Gasteiger charge is -2.37. The number of aromatic nitrogens is 2. The van der Waals surface area contributed by atoms with Gasteiger partial charge in [0.05, 0.1) is 6.67 Å². The van der Waals surface area contributed by atoms with Gasteiger partial charge in [0.15, 0.2) is 0 Å². The Hall–Kier alpha value is -1.60. The van der Waals surface area contributed by atoms with Gasteiger partial charge in [-0.2, -0.15) is 0 Å². The number of amides is 1. The number of hydrogen-bond donors (Lipinski definition) is 0. The van der Waals surface area contributed by atoms with Gasteiger partial charge in [0.2, 0.25) is 0 Å². The molecule has 0 spiro atoms. The zero-order valence-electron chi connectivity index (χ0n) is 14.4. The number of anilines is 1. The summed E-state index contributed by atoms with van der Waals surface area (Å²) in [5.74, 6) is 0.788. The van der Waals surface area contributed by atoms with Gasteiger partial charge < -0.3 is 9.64 Å². The largest absolute Gasteiger partial charge is 0.444 e. The van der Waals surface area contributed by atoms with E-state index in [9.17, 15) is 4.79 Å². The molecule has 3 heterocycles. The molecule has 1 amide bonds. The third-order valence-corrected chi connectivity index (χ3v) is 4.66. The normalized spacial score (nSPS) is 15.6. The van der Waals surface area contributed by atoms with E-state index in [1.807, 2.05) is 26.8 Å². The van der Waals surface area contributed by atoms with E-state index in [4.69, 9.17) is 16.3 Å². The van der Waals surface area contributed by atoms with Crippen molar-refractivity contribution >= 4 is 50.2 Å². The molecule has 1 aliphatic heterocycles. The summed E-state index contributed by atoms with van der Waals surface area (Å²) >= 11 is 9.52. The maximum absolute atomic E-state index is 12.4. The highest BCUT2D eigenvalue weighted by atomic mass is 79.9. The first-order chi connectivity index (χ1) is 11.7. The molecule has 1 aliphatic rings. The molecule has 0 radical (unpaired) electrons. The highest BCUT2D eigenvalue weighted by Crippen LogP contribution is 2.32. The average molecular weight is 428 g/mol. The van der Waals surface area contributed by atoms with Crippen LogP contribution in [0.3, 0.4) is 0 Å². The third kappa shape index (κ3) is 4.15. The van der Waals surface area contributed by atoms with Crippen LogP contribution in [0.1, 0.15) is 27.2 Å². The molecule has 0 N–H and O–H groups in total. The van der Waals surface area contributed by atoms with Crippen LogP contribution < -0.4 is 4.90 Å². The molecule has 1 saturated heterocycles. The monoisotopic (exact) mass is 426 g/mol. The quantitative estimate of drug-likeness (QED) is 0.629. The smallest absolute Gasteiger partial charge is 0.411 e. The molecule has 3 rings (SSSR count). The molecule has 0 unspecified atom stereocenters. The summed E-state index contributed by atoms with van der Waals surface area (Å²) < 4.78 is 6.34. The highest BCUT2D eigenvalue weighted by Gasteiger charge is 2.27. The van der Waals surface area contributed by atoms with E-state index in [1.165, 1.54) is 0 Å². The van der Waals surface area contributed by atoms with Crippen LogP contribution in [0.4, 0.5) is 10.6 Å². The lowest BCUT2D eigenvalue weighted by Crippen LogP contribution is -2.49. The Bertz CT molecular complexity index is 809. The molecule has 0 atom stereocenters. The van der Waals surface area contributed by atoms with Crippen molar-refractivity contribution in [2.75, 3.05) is 24.7 Å². The number of pyridine rings is 2. The molecule has 2 aromatic rings. The lowest BCUT2D eigenvalue weighted by atomic mass is 10.2. The van der Waals surface area contributed by atoms with Crippen LogP contribution >= 0.6 is 27.5 Å². The van der Waals surface area contributed by atoms with Crippen LogP contribution in [0.5, 0.6) is 0 Å². The molecular formula is C17H20BrClN4O2. The van der Waals surface area contributed by atoms with Crippen molar-refractivity contribution in [1.82, 2.24) is 14.9 Å². The molecule has 8 heteroatoms. The number of rotatable bonds is 1. The Kier molecular flexibility index (Phi) is 5.06. The minimum atomic E-state index is -0.511. The van der Waals surface area contributed by atoms with Crippen LogP contribution in [0.2, 0.25) is 5.15 Å². The Balaban J connectivity index is 1.88. The summed E-state index contributed by atoms with van der Waals surface area (Å²) in [4.78, 5) is 24.9. The summed E-state index contributed by atoms with van der Waals surface area (Å²) in [5, 5.41) is 2.27. The SMILES string of the molecule is CC(C)(C)OC(=O)N1CCCN(c2ncc(Br)c3cc(Cl)ncc23)C1. The second-order valence-corrected chi connectivity index (χ2v) is 8.23. The zero-order chi connectivity index (χ0) is 18.2. The van der Waals surface area contributed by atoms with E-state index < -0.39 is 5.60 Å². The Morgan fingerprint density at radius 3 is 2.72 bits per heavy atom. The molecule has 0 saturated carbocycles. The van der Waals surface area contributed by atoms with E-state index in [2.05, 4.69) is 30.8 Å². The van der Waals surface area contributed by atoms with Crippen molar-refractivity contribution in [1.29, 1.82) is 0 Å². The van der Waals surface area contributed by atoms with Gasteiger partial charge in [0, 0.05) is 40.7 Å². The molecule has 0 bridgehead atoms. The second-order valence-electron chi connectivity index (χ2n) is 6.98. The van der Waals surface area contributed by atoms with Crippen molar-refractivity contribution < 1.29 is 9.53 Å². The Labute approximate surface area is 160 Å². The molecule has 6 nitrogen and oxygen atoms in total. The molecule has 25 heavy (non-hydrogen) atoms. The van der Waals surface area contributed by atoms with Crippen molar-refractivity contribution in [3.63, 3.8) is 0 Å². The first-order valence-corrected chi connectivity index (χ1v) is 9.24. The fourth-order valence-electron chi connectivity index (χ4n) is 2.76. The topological polar surface area (TPSA) is 58.6 Å². The molecular weight excluding hydrogens is 408 g/mol. The predicted octanol–water partition coefficient (Wildman–Crippen LogP) is 4.45. The van der Waals surface area contributed by atoms with E-state index in [-0.39, 0.29) is 6.09 Å². The Morgan fingerprint density at radius 1 is 1.24 bits per heavy atom. The lowest BCUT2D eigenvalue weighted by molar-refractivity contribution is 0.0225. The minimum absolute atomic E-state index is 0.306. The van der Waals surface area contributed by atoms with Crippen molar-refractivity contribution in [3.05, 3.63) is 28.1 Å². The highest BCUT2D eigenvalue weighted by molar-refractivity contribution is 9.10. The summed E-state index contributed by atoms with van der Waals surface area (Å²) in [5.41, 5.74) is -0.511. The van der Waals surface area contributed by atoms with Crippen LogP contribution in [0, 0.1) is 0 Å². The molecule has 134 valence electrons. The molecule has 1 fully saturated rings. The van der Waals surface area contributed by atoms with Crippen LogP contribution in [-0.2, 0) is 4.74 Å². The maximum Gasteiger partial charge on any atom is 0.411 e. The van der Waals surface area contributed by atoms with Gasteiger partial charge in [-0.25, -0.2) is 14.8 Å². The Morgan fingerprint density at radius 2 is 2.00 bits per heavy atom. The van der Waals surface area contributed by atoms with E-state index in [0.717, 1.165) is 34.0 Å². The third-order valence-electron chi connectivity index (χ3n) is 3.82. The van der Waals surface area contributed by atoms with Gasteiger partial charge >= 0.3 is 6.09 Å². The van der Waals surface area contributed by atoms with Crippen molar-refractivity contribution in [2.24, 2.45) is 0 Å². The molecule has 0 aromatic carbocycles. The first-order valence-electron chi connectivity index (χ1n) is 8.07. The van der Waals surface area contributed by atoms with Crippen LogP contribution in [-0.4, -0.2) is 46.3 Å². The number of carbonyl (C=O) groups is 1. The number of carbonyl (C=O) groups excluding carboxylic acids is 1. The zero-order valence-corrected chi connectivity index (χ0v) is 16.8. The van der Waals surface area contributed by atoms with Gasteiger partial charge in [-0.05, 0) is 49.2 Å². The van der Waals surface area contributed by atoms with Crippen LogP contribution in [0.15, 0.2) is 22.9 Å². The van der Waals surface area contributed by atoms with Crippen LogP contribution in [0.25, 0.3) is 10.8 Å². The fraction of sp³-hybridized carbons (Fsp3) is 0.471. The summed E-state index contributed by atoms with van der Waals surface area (Å²) in [6, 6.07) is 1.81. The summed E-state index contributed by atoms with van der Waals surface area (Å²) in [7, 11) is 0. The predicted molar refractivity (Wildman–Crippen MR) is 102 cm³/mol. The second kappa shape index (κ2) is 6.96. The van der Waals surface area contributed by atoms with E-state index in [1.54, 1.807) is 17.3 Å². The molecule has 2 aromatic heterocycles. The van der Waals surface area contributed by atoms with Gasteiger partial charge in [-0.15, -0.1) is 0 Å². The van der Waals surface area contributed by atoms with Crippen molar-refractivity contribution in [2.45, 2.75) is 32.8 Å². The van der Waals surface area contributed by atoms with E-state index in [0.29, 0.717) is 18.4 Å². The average Bonchev–Trinajstić information content (AvgIpc) is 2.54.